The lowest BCUT2D eigenvalue weighted by Gasteiger charge is -2.07. The van der Waals surface area contributed by atoms with Crippen LogP contribution in [0.5, 0.6) is 5.75 Å². The van der Waals surface area contributed by atoms with E-state index in [0.717, 1.165) is 12.0 Å². The Labute approximate surface area is 124 Å². The van der Waals surface area contributed by atoms with Gasteiger partial charge in [0.2, 0.25) is 5.91 Å². The van der Waals surface area contributed by atoms with Crippen molar-refractivity contribution in [1.29, 1.82) is 0 Å². The molecular formula is C16H21NO4. The molecule has 1 aliphatic carbocycles. The number of carboxylic acid groups (broad SMARTS) is 1. The molecule has 2 N–H and O–H groups in total. The van der Waals surface area contributed by atoms with Crippen LogP contribution in [-0.2, 0) is 16.1 Å². The van der Waals surface area contributed by atoms with Crippen molar-refractivity contribution in [2.75, 3.05) is 6.61 Å². The third-order valence-corrected chi connectivity index (χ3v) is 3.64. The number of amides is 1. The van der Waals surface area contributed by atoms with E-state index >= 15 is 0 Å². The molecule has 1 fully saturated rings. The summed E-state index contributed by atoms with van der Waals surface area (Å²) < 4.78 is 5.45. The van der Waals surface area contributed by atoms with Gasteiger partial charge in [-0.1, -0.05) is 19.1 Å². The Kier molecular flexibility index (Phi) is 5.20. The summed E-state index contributed by atoms with van der Waals surface area (Å²) >= 11 is 0. The van der Waals surface area contributed by atoms with Crippen molar-refractivity contribution in [2.24, 2.45) is 11.8 Å². The van der Waals surface area contributed by atoms with Gasteiger partial charge in [0.05, 0.1) is 6.61 Å². The van der Waals surface area contributed by atoms with E-state index in [2.05, 4.69) is 12.2 Å². The third kappa shape index (κ3) is 5.10. The molecule has 0 spiro atoms. The number of hydrogen-bond donors (Lipinski definition) is 2. The molecule has 0 bridgehead atoms. The zero-order valence-electron chi connectivity index (χ0n) is 12.2. The van der Waals surface area contributed by atoms with Crippen LogP contribution in [0, 0.1) is 11.8 Å². The summed E-state index contributed by atoms with van der Waals surface area (Å²) in [6.07, 6.45) is 1.60. The Morgan fingerprint density at radius 1 is 1.33 bits per heavy atom. The summed E-state index contributed by atoms with van der Waals surface area (Å²) in [6, 6.07) is 7.48. The van der Waals surface area contributed by atoms with Gasteiger partial charge in [0, 0.05) is 18.9 Å². The summed E-state index contributed by atoms with van der Waals surface area (Å²) in [7, 11) is 0. The average Bonchev–Trinajstić information content (AvgIpc) is 3.19. The van der Waals surface area contributed by atoms with Gasteiger partial charge < -0.3 is 15.2 Å². The van der Waals surface area contributed by atoms with Crippen LogP contribution in [0.25, 0.3) is 0 Å². The highest BCUT2D eigenvalue weighted by molar-refractivity contribution is 5.81. The summed E-state index contributed by atoms with van der Waals surface area (Å²) in [6.45, 7) is 3.00. The van der Waals surface area contributed by atoms with E-state index in [1.807, 2.05) is 24.3 Å². The first kappa shape index (κ1) is 15.4. The van der Waals surface area contributed by atoms with Gasteiger partial charge >= 0.3 is 5.97 Å². The van der Waals surface area contributed by atoms with Crippen molar-refractivity contribution in [2.45, 2.75) is 32.7 Å². The Balaban J connectivity index is 1.69. The molecule has 1 aliphatic rings. The van der Waals surface area contributed by atoms with E-state index in [-0.39, 0.29) is 18.2 Å². The summed E-state index contributed by atoms with van der Waals surface area (Å²) in [5, 5.41) is 11.5. The first-order chi connectivity index (χ1) is 10.1. The fraction of sp³-hybridized carbons (Fsp3) is 0.500. The quantitative estimate of drug-likeness (QED) is 0.720. The monoisotopic (exact) mass is 291 g/mol. The normalized spacial score (nSPS) is 19.9. The number of hydrogen-bond acceptors (Lipinski definition) is 3. The van der Waals surface area contributed by atoms with Crippen molar-refractivity contribution < 1.29 is 19.4 Å². The molecule has 2 rings (SSSR count). The topological polar surface area (TPSA) is 75.6 Å². The molecule has 1 amide bonds. The molecule has 5 nitrogen and oxygen atoms in total. The first-order valence-electron chi connectivity index (χ1n) is 7.27. The molecule has 2 unspecified atom stereocenters. The van der Waals surface area contributed by atoms with E-state index in [1.165, 1.54) is 0 Å². The number of carbonyl (C=O) groups excluding carboxylic acids is 1. The largest absolute Gasteiger partial charge is 0.494 e. The number of benzene rings is 1. The summed E-state index contributed by atoms with van der Waals surface area (Å²) in [5.74, 6) is 0.755. The average molecular weight is 291 g/mol. The van der Waals surface area contributed by atoms with Crippen LogP contribution in [0.2, 0.25) is 0 Å². The summed E-state index contributed by atoms with van der Waals surface area (Å²) in [5.41, 5.74) is 1.02. The van der Waals surface area contributed by atoms with Gasteiger partial charge in [-0.05, 0) is 36.5 Å². The zero-order chi connectivity index (χ0) is 15.2. The molecule has 21 heavy (non-hydrogen) atoms. The van der Waals surface area contributed by atoms with Crippen LogP contribution in [0.3, 0.4) is 0 Å². The Morgan fingerprint density at radius 2 is 2.00 bits per heavy atom. The number of carboxylic acids is 1. The highest BCUT2D eigenvalue weighted by Crippen LogP contribution is 2.37. The first-order valence-corrected chi connectivity index (χ1v) is 7.27. The zero-order valence-corrected chi connectivity index (χ0v) is 12.2. The molecule has 0 radical (unpaired) electrons. The molecule has 0 heterocycles. The van der Waals surface area contributed by atoms with Crippen LogP contribution in [0.15, 0.2) is 24.3 Å². The minimum absolute atomic E-state index is 0.115. The fourth-order valence-corrected chi connectivity index (χ4v) is 2.12. The highest BCUT2D eigenvalue weighted by Gasteiger charge is 2.38. The van der Waals surface area contributed by atoms with E-state index < -0.39 is 5.97 Å². The van der Waals surface area contributed by atoms with Gasteiger partial charge in [-0.25, -0.2) is 0 Å². The fourth-order valence-electron chi connectivity index (χ4n) is 2.12. The van der Waals surface area contributed by atoms with Crippen LogP contribution in [-0.4, -0.2) is 23.6 Å². The summed E-state index contributed by atoms with van der Waals surface area (Å²) in [4.78, 5) is 22.1. The smallest absolute Gasteiger partial charge is 0.303 e. The minimum atomic E-state index is -0.810. The van der Waals surface area contributed by atoms with Crippen molar-refractivity contribution >= 4 is 11.9 Å². The van der Waals surface area contributed by atoms with E-state index in [1.54, 1.807) is 0 Å². The lowest BCUT2D eigenvalue weighted by molar-refractivity contribution is -0.137. The molecule has 0 aliphatic heterocycles. The highest BCUT2D eigenvalue weighted by atomic mass is 16.5. The predicted octanol–water partition coefficient (Wildman–Crippen LogP) is 2.20. The third-order valence-electron chi connectivity index (χ3n) is 3.64. The van der Waals surface area contributed by atoms with Crippen molar-refractivity contribution in [3.63, 3.8) is 0 Å². The molecule has 114 valence electrons. The second kappa shape index (κ2) is 7.11. The second-order valence-corrected chi connectivity index (χ2v) is 5.53. The van der Waals surface area contributed by atoms with Gasteiger partial charge in [-0.3, -0.25) is 9.59 Å². The van der Waals surface area contributed by atoms with Crippen LogP contribution in [0.4, 0.5) is 0 Å². The Hall–Kier alpha value is -2.04. The number of carbonyl (C=O) groups is 2. The van der Waals surface area contributed by atoms with Crippen molar-refractivity contribution in [1.82, 2.24) is 5.32 Å². The van der Waals surface area contributed by atoms with Crippen LogP contribution < -0.4 is 10.1 Å². The maximum atomic E-state index is 11.7. The molecule has 0 saturated heterocycles. The maximum absolute atomic E-state index is 11.7. The van der Waals surface area contributed by atoms with Crippen LogP contribution >= 0.6 is 0 Å². The Morgan fingerprint density at radius 3 is 2.57 bits per heavy atom. The van der Waals surface area contributed by atoms with Gasteiger partial charge in [-0.2, -0.15) is 0 Å². The Bertz CT molecular complexity index is 498. The SMILES string of the molecule is CC1CC1C(=O)NCc1ccc(OCCCC(=O)O)cc1. The number of aliphatic carboxylic acids is 1. The molecule has 1 saturated carbocycles. The van der Waals surface area contributed by atoms with Gasteiger partial charge in [0.15, 0.2) is 0 Å². The standard InChI is InChI=1S/C16H21NO4/c1-11-9-14(11)16(20)17-10-12-4-6-13(7-5-12)21-8-2-3-15(18)19/h4-7,11,14H,2-3,8-10H2,1H3,(H,17,20)(H,18,19). The molecular weight excluding hydrogens is 270 g/mol. The van der Waals surface area contributed by atoms with Gasteiger partial charge in [-0.15, -0.1) is 0 Å². The molecule has 0 aromatic heterocycles. The van der Waals surface area contributed by atoms with Gasteiger partial charge in [0.1, 0.15) is 5.75 Å². The van der Waals surface area contributed by atoms with E-state index in [0.29, 0.717) is 31.2 Å². The number of nitrogens with one attached hydrogen (secondary N) is 1. The lowest BCUT2D eigenvalue weighted by atomic mass is 10.2. The predicted molar refractivity (Wildman–Crippen MR) is 77.9 cm³/mol. The second-order valence-electron chi connectivity index (χ2n) is 5.53. The molecule has 2 atom stereocenters. The molecule has 5 heteroatoms. The minimum Gasteiger partial charge on any atom is -0.494 e. The molecule has 1 aromatic carbocycles. The van der Waals surface area contributed by atoms with Gasteiger partial charge in [0.25, 0.3) is 0 Å². The number of rotatable bonds is 8. The van der Waals surface area contributed by atoms with Crippen LogP contribution in [0.1, 0.15) is 31.7 Å². The maximum Gasteiger partial charge on any atom is 0.303 e. The number of ether oxygens (including phenoxy) is 1. The van der Waals surface area contributed by atoms with Crippen molar-refractivity contribution in [3.8, 4) is 5.75 Å². The molecule has 1 aromatic rings. The lowest BCUT2D eigenvalue weighted by Crippen LogP contribution is -2.24. The van der Waals surface area contributed by atoms with E-state index in [4.69, 9.17) is 9.84 Å². The van der Waals surface area contributed by atoms with Crippen molar-refractivity contribution in [3.05, 3.63) is 29.8 Å². The van der Waals surface area contributed by atoms with E-state index in [9.17, 15) is 9.59 Å².